The van der Waals surface area contributed by atoms with Gasteiger partial charge >= 0.3 is 6.18 Å². The molecule has 220 valence electrons. The third kappa shape index (κ3) is 5.66. The quantitative estimate of drug-likeness (QED) is 0.286. The number of pyridine rings is 1. The number of hydrogen-bond donors (Lipinski definition) is 1. The molecule has 1 saturated heterocycles. The summed E-state index contributed by atoms with van der Waals surface area (Å²) in [5.41, 5.74) is 2.61. The Bertz CT molecular complexity index is 1630. The van der Waals surface area contributed by atoms with E-state index >= 15 is 0 Å². The van der Waals surface area contributed by atoms with E-state index in [1.165, 1.54) is 28.4 Å². The SMILES string of the molecule is COC1(C)CN(c2cnc(C(=O)Nc3csc(-c4nncn4/C=C/[C@@H](C)C(F)(F)F)n3)cc2-n2cnc(C3CC3)c2)C1. The second-order valence-corrected chi connectivity index (χ2v) is 11.6. The van der Waals surface area contributed by atoms with Crippen LogP contribution in [0.25, 0.3) is 22.7 Å². The summed E-state index contributed by atoms with van der Waals surface area (Å²) >= 11 is 1.17. The normalized spacial score (nSPS) is 17.4. The Kier molecular flexibility index (Phi) is 7.09. The average Bonchev–Trinajstić information content (AvgIpc) is 3.30. The van der Waals surface area contributed by atoms with Crippen LogP contribution in [-0.2, 0) is 4.74 Å². The Hall–Kier alpha value is -4.11. The van der Waals surface area contributed by atoms with E-state index in [9.17, 15) is 18.0 Å². The monoisotopic (exact) mass is 599 g/mol. The summed E-state index contributed by atoms with van der Waals surface area (Å²) in [6.07, 6.45) is 6.89. The molecule has 15 heteroatoms. The van der Waals surface area contributed by atoms with Crippen LogP contribution < -0.4 is 10.2 Å². The van der Waals surface area contributed by atoms with E-state index in [-0.39, 0.29) is 22.9 Å². The molecule has 2 aliphatic rings. The van der Waals surface area contributed by atoms with Crippen molar-refractivity contribution in [2.75, 3.05) is 30.4 Å². The van der Waals surface area contributed by atoms with Crippen molar-refractivity contribution in [2.45, 2.75) is 44.4 Å². The van der Waals surface area contributed by atoms with Crippen LogP contribution in [0.5, 0.6) is 0 Å². The molecule has 2 fully saturated rings. The summed E-state index contributed by atoms with van der Waals surface area (Å²) in [5.74, 6) is -1.12. The van der Waals surface area contributed by atoms with Crippen LogP contribution in [0.4, 0.5) is 24.7 Å². The van der Waals surface area contributed by atoms with Gasteiger partial charge in [-0.15, -0.1) is 21.5 Å². The summed E-state index contributed by atoms with van der Waals surface area (Å²) in [4.78, 5) is 28.8. The van der Waals surface area contributed by atoms with E-state index in [4.69, 9.17) is 4.74 Å². The number of amides is 1. The minimum atomic E-state index is -4.35. The average molecular weight is 600 g/mol. The largest absolute Gasteiger partial charge is 0.394 e. The van der Waals surface area contributed by atoms with Crippen molar-refractivity contribution in [3.05, 3.63) is 54.0 Å². The van der Waals surface area contributed by atoms with Crippen LogP contribution >= 0.6 is 11.3 Å². The molecule has 4 aromatic rings. The minimum Gasteiger partial charge on any atom is -0.375 e. The predicted octanol–water partition coefficient (Wildman–Crippen LogP) is 5.01. The van der Waals surface area contributed by atoms with Gasteiger partial charge in [-0.3, -0.25) is 9.36 Å². The molecule has 6 rings (SSSR count). The number of methoxy groups -OCH3 is 1. The zero-order valence-electron chi connectivity index (χ0n) is 23.0. The molecule has 4 aromatic heterocycles. The van der Waals surface area contributed by atoms with Crippen LogP contribution in [-0.4, -0.2) is 72.2 Å². The van der Waals surface area contributed by atoms with Crippen LogP contribution in [0, 0.1) is 5.92 Å². The number of anilines is 2. The van der Waals surface area contributed by atoms with Crippen molar-refractivity contribution >= 4 is 34.9 Å². The fourth-order valence-electron chi connectivity index (χ4n) is 4.58. The van der Waals surface area contributed by atoms with E-state index in [0.717, 1.165) is 42.9 Å². The van der Waals surface area contributed by atoms with E-state index in [2.05, 4.69) is 35.4 Å². The Morgan fingerprint density at radius 2 is 2.02 bits per heavy atom. The van der Waals surface area contributed by atoms with Gasteiger partial charge in [-0.1, -0.05) is 13.0 Å². The number of nitrogens with one attached hydrogen (secondary N) is 1. The summed E-state index contributed by atoms with van der Waals surface area (Å²) in [5, 5.41) is 12.5. The molecule has 11 nitrogen and oxygen atoms in total. The molecule has 1 amide bonds. The fraction of sp³-hybridized carbons (Fsp3) is 0.407. The molecular formula is C27H28F3N9O2S. The van der Waals surface area contributed by atoms with Gasteiger partial charge in [-0.25, -0.2) is 15.0 Å². The van der Waals surface area contributed by atoms with Crippen molar-refractivity contribution in [2.24, 2.45) is 5.92 Å². The minimum absolute atomic E-state index is 0.187. The maximum Gasteiger partial charge on any atom is 0.394 e. The molecule has 1 N–H and O–H groups in total. The standard InChI is InChI=1S/C27H28F3N9O2S/c1-16(27(28,29)30)6-7-37-15-33-36-23(37)25-35-22(11-42-25)34-24(40)18-8-20(38-10-19(32-14-38)17-4-5-17)21(9-31-18)39-12-26(2,13-39)41-3/h6-11,14-17H,4-5,12-13H2,1-3H3,(H,34,40)/b7-6+/t16-/m1/s1. The number of aromatic nitrogens is 7. The highest BCUT2D eigenvalue weighted by atomic mass is 32.1. The number of imidazole rings is 1. The number of alkyl halides is 3. The number of carbonyl (C=O) groups is 1. The lowest BCUT2D eigenvalue weighted by molar-refractivity contribution is -0.156. The van der Waals surface area contributed by atoms with E-state index in [1.807, 2.05) is 17.7 Å². The highest BCUT2D eigenvalue weighted by molar-refractivity contribution is 7.13. The molecule has 1 aliphatic heterocycles. The van der Waals surface area contributed by atoms with E-state index in [1.54, 1.807) is 31.1 Å². The number of thiazole rings is 1. The van der Waals surface area contributed by atoms with E-state index in [0.29, 0.717) is 24.0 Å². The summed E-state index contributed by atoms with van der Waals surface area (Å²) in [6.45, 7) is 4.47. The number of allylic oxidation sites excluding steroid dienone is 1. The van der Waals surface area contributed by atoms with Gasteiger partial charge in [0, 0.05) is 43.9 Å². The smallest absolute Gasteiger partial charge is 0.375 e. The topological polar surface area (TPSA) is 116 Å². The maximum atomic E-state index is 13.3. The lowest BCUT2D eigenvalue weighted by atomic mass is 9.95. The lowest BCUT2D eigenvalue weighted by Gasteiger charge is -2.48. The second kappa shape index (κ2) is 10.6. The summed E-state index contributed by atoms with van der Waals surface area (Å²) in [6, 6.07) is 1.72. The highest BCUT2D eigenvalue weighted by Gasteiger charge is 2.40. The number of halogens is 3. The lowest BCUT2D eigenvalue weighted by Crippen LogP contribution is -2.61. The number of ether oxygens (including phenoxy) is 1. The zero-order valence-corrected chi connectivity index (χ0v) is 23.9. The first kappa shape index (κ1) is 28.0. The van der Waals surface area contributed by atoms with Gasteiger partial charge in [0.15, 0.2) is 10.8 Å². The van der Waals surface area contributed by atoms with Crippen molar-refractivity contribution in [1.82, 2.24) is 34.3 Å². The van der Waals surface area contributed by atoms with Gasteiger partial charge in [0.25, 0.3) is 5.91 Å². The molecule has 1 saturated carbocycles. The molecule has 1 aliphatic carbocycles. The van der Waals surface area contributed by atoms with Gasteiger partial charge in [0.2, 0.25) is 0 Å². The Morgan fingerprint density at radius 1 is 1.24 bits per heavy atom. The van der Waals surface area contributed by atoms with Gasteiger partial charge < -0.3 is 19.5 Å². The van der Waals surface area contributed by atoms with Crippen molar-refractivity contribution in [3.8, 4) is 16.5 Å². The third-order valence-electron chi connectivity index (χ3n) is 7.42. The van der Waals surface area contributed by atoms with Gasteiger partial charge in [-0.2, -0.15) is 13.2 Å². The maximum absolute atomic E-state index is 13.3. The predicted molar refractivity (Wildman–Crippen MR) is 151 cm³/mol. The molecule has 42 heavy (non-hydrogen) atoms. The highest BCUT2D eigenvalue weighted by Crippen LogP contribution is 2.40. The van der Waals surface area contributed by atoms with Gasteiger partial charge in [0.1, 0.15) is 17.8 Å². The number of nitrogens with zero attached hydrogens (tertiary/aromatic N) is 8. The van der Waals surface area contributed by atoms with Gasteiger partial charge in [-0.05, 0) is 25.8 Å². The van der Waals surface area contributed by atoms with Crippen LogP contribution in [0.1, 0.15) is 48.8 Å². The second-order valence-electron chi connectivity index (χ2n) is 10.8. The zero-order chi connectivity index (χ0) is 29.6. The van der Waals surface area contributed by atoms with Crippen molar-refractivity contribution in [3.63, 3.8) is 0 Å². The molecular weight excluding hydrogens is 571 g/mol. The Morgan fingerprint density at radius 3 is 2.74 bits per heavy atom. The molecule has 0 bridgehead atoms. The first-order valence-corrected chi connectivity index (χ1v) is 14.2. The first-order chi connectivity index (χ1) is 20.0. The van der Waals surface area contributed by atoms with E-state index < -0.39 is 18.0 Å². The molecule has 0 radical (unpaired) electrons. The number of rotatable bonds is 9. The molecule has 5 heterocycles. The number of hydrogen-bond acceptors (Lipinski definition) is 9. The Balaban J connectivity index is 1.22. The Labute approximate surface area is 243 Å². The molecule has 1 atom stereocenters. The van der Waals surface area contributed by atoms with Crippen LogP contribution in [0.2, 0.25) is 0 Å². The third-order valence-corrected chi connectivity index (χ3v) is 8.25. The molecule has 0 aromatic carbocycles. The summed E-state index contributed by atoms with van der Waals surface area (Å²) in [7, 11) is 1.70. The molecule has 0 spiro atoms. The summed E-state index contributed by atoms with van der Waals surface area (Å²) < 4.78 is 47.6. The van der Waals surface area contributed by atoms with Crippen molar-refractivity contribution < 1.29 is 22.7 Å². The number of carbonyl (C=O) groups excluding carboxylic acids is 1. The van der Waals surface area contributed by atoms with Crippen LogP contribution in [0.15, 0.2) is 42.6 Å². The van der Waals surface area contributed by atoms with Crippen LogP contribution in [0.3, 0.4) is 0 Å². The van der Waals surface area contributed by atoms with Crippen molar-refractivity contribution in [1.29, 1.82) is 0 Å². The fourth-order valence-corrected chi connectivity index (χ4v) is 5.32. The molecule has 0 unspecified atom stereocenters. The first-order valence-electron chi connectivity index (χ1n) is 13.3. The van der Waals surface area contributed by atoms with Gasteiger partial charge in [0.05, 0.1) is 41.1 Å².